The van der Waals surface area contributed by atoms with Crippen molar-refractivity contribution >= 4 is 26.0 Å². The van der Waals surface area contributed by atoms with Gasteiger partial charge in [0, 0.05) is 17.1 Å². The average molecular weight is 438 g/mol. The van der Waals surface area contributed by atoms with Crippen molar-refractivity contribution < 1.29 is 17.7 Å². The van der Waals surface area contributed by atoms with Gasteiger partial charge in [0.2, 0.25) is 21.7 Å². The van der Waals surface area contributed by atoms with Gasteiger partial charge in [0.1, 0.15) is 5.75 Å². The van der Waals surface area contributed by atoms with Crippen LogP contribution in [0.1, 0.15) is 5.89 Å². The van der Waals surface area contributed by atoms with E-state index in [9.17, 15) is 8.42 Å². The molecule has 0 saturated carbocycles. The van der Waals surface area contributed by atoms with Crippen LogP contribution in [0.2, 0.25) is 0 Å². The molecule has 1 aromatic heterocycles. The van der Waals surface area contributed by atoms with Crippen LogP contribution < -0.4 is 4.74 Å². The minimum atomic E-state index is -3.66. The van der Waals surface area contributed by atoms with Crippen molar-refractivity contribution in [1.29, 1.82) is 0 Å². The minimum absolute atomic E-state index is 0.0324. The Morgan fingerprint density at radius 1 is 1.19 bits per heavy atom. The zero-order chi connectivity index (χ0) is 18.7. The minimum Gasteiger partial charge on any atom is -0.497 e. The number of aromatic nitrogens is 2. The Morgan fingerprint density at radius 2 is 1.92 bits per heavy atom. The van der Waals surface area contributed by atoms with Gasteiger partial charge in [0.25, 0.3) is 0 Å². The number of hydrogen-bond acceptors (Lipinski definition) is 6. The van der Waals surface area contributed by atoms with Crippen molar-refractivity contribution in [3.63, 3.8) is 0 Å². The quantitative estimate of drug-likeness (QED) is 0.587. The molecule has 0 atom stereocenters. The molecule has 0 spiro atoms. The first-order valence-corrected chi connectivity index (χ1v) is 9.82. The van der Waals surface area contributed by atoms with Crippen LogP contribution in [0.4, 0.5) is 0 Å². The van der Waals surface area contributed by atoms with Crippen LogP contribution >= 0.6 is 15.9 Å². The van der Waals surface area contributed by atoms with Crippen LogP contribution in [-0.4, -0.2) is 37.0 Å². The summed E-state index contributed by atoms with van der Waals surface area (Å²) in [4.78, 5) is 4.46. The molecule has 0 saturated heterocycles. The molecule has 26 heavy (non-hydrogen) atoms. The highest BCUT2D eigenvalue weighted by Gasteiger charge is 2.23. The van der Waals surface area contributed by atoms with Crippen LogP contribution in [0.15, 0.2) is 62.4 Å². The second-order valence-corrected chi connectivity index (χ2v) is 8.42. The zero-order valence-corrected chi connectivity index (χ0v) is 16.5. The SMILES string of the molecule is COc1cccc(-c2noc(CN(C)S(=O)(=O)c3ccc(Br)cc3)n2)c1. The lowest BCUT2D eigenvalue weighted by Gasteiger charge is -2.15. The molecule has 0 amide bonds. The van der Waals surface area contributed by atoms with Gasteiger partial charge in [0.15, 0.2) is 0 Å². The number of nitrogens with zero attached hydrogens (tertiary/aromatic N) is 3. The van der Waals surface area contributed by atoms with Crippen LogP contribution in [0.3, 0.4) is 0 Å². The zero-order valence-electron chi connectivity index (χ0n) is 14.1. The van der Waals surface area contributed by atoms with E-state index in [1.54, 1.807) is 25.3 Å². The van der Waals surface area contributed by atoms with Crippen LogP contribution in [0.5, 0.6) is 5.75 Å². The maximum atomic E-state index is 12.6. The smallest absolute Gasteiger partial charge is 0.243 e. The van der Waals surface area contributed by atoms with Gasteiger partial charge in [-0.05, 0) is 36.4 Å². The van der Waals surface area contributed by atoms with Gasteiger partial charge in [-0.2, -0.15) is 9.29 Å². The van der Waals surface area contributed by atoms with E-state index in [1.807, 2.05) is 18.2 Å². The Morgan fingerprint density at radius 3 is 2.62 bits per heavy atom. The fourth-order valence-electron chi connectivity index (χ4n) is 2.26. The second kappa shape index (κ2) is 7.56. The monoisotopic (exact) mass is 437 g/mol. The van der Waals surface area contributed by atoms with Gasteiger partial charge in [-0.15, -0.1) is 0 Å². The molecule has 7 nitrogen and oxygen atoms in total. The number of methoxy groups -OCH3 is 1. The molecule has 2 aromatic carbocycles. The van der Waals surface area contributed by atoms with Gasteiger partial charge >= 0.3 is 0 Å². The number of ether oxygens (including phenoxy) is 1. The molecule has 9 heteroatoms. The molecule has 0 radical (unpaired) electrons. The van der Waals surface area contributed by atoms with E-state index in [2.05, 4.69) is 26.1 Å². The second-order valence-electron chi connectivity index (χ2n) is 5.46. The summed E-state index contributed by atoms with van der Waals surface area (Å²) in [6, 6.07) is 13.6. The number of halogens is 1. The standard InChI is InChI=1S/C17H16BrN3O4S/c1-21(26(22,23)15-8-6-13(18)7-9-15)11-16-19-17(20-25-16)12-4-3-5-14(10-12)24-2/h3-10H,11H2,1-2H3. The maximum absolute atomic E-state index is 12.6. The van der Waals surface area contributed by atoms with Gasteiger partial charge in [0.05, 0.1) is 18.6 Å². The van der Waals surface area contributed by atoms with Gasteiger partial charge in [-0.3, -0.25) is 0 Å². The first-order valence-electron chi connectivity index (χ1n) is 7.59. The lowest BCUT2D eigenvalue weighted by Crippen LogP contribution is -2.26. The molecule has 136 valence electrons. The third-order valence-electron chi connectivity index (χ3n) is 3.68. The Kier molecular flexibility index (Phi) is 5.40. The Labute approximate surface area is 159 Å². The molecular weight excluding hydrogens is 422 g/mol. The van der Waals surface area contributed by atoms with Gasteiger partial charge < -0.3 is 9.26 Å². The van der Waals surface area contributed by atoms with Crippen molar-refractivity contribution in [3.05, 3.63) is 58.9 Å². The summed E-state index contributed by atoms with van der Waals surface area (Å²) in [6.45, 7) is -0.0324. The molecule has 1 heterocycles. The molecule has 0 bridgehead atoms. The number of rotatable bonds is 6. The topological polar surface area (TPSA) is 85.5 Å². The third kappa shape index (κ3) is 3.95. The molecule has 0 aliphatic heterocycles. The summed E-state index contributed by atoms with van der Waals surface area (Å²) < 4.78 is 37.6. The van der Waals surface area contributed by atoms with E-state index in [4.69, 9.17) is 9.26 Å². The van der Waals surface area contributed by atoms with E-state index in [1.165, 1.54) is 23.5 Å². The molecule has 0 aliphatic rings. The van der Waals surface area contributed by atoms with E-state index in [0.717, 1.165) is 10.0 Å². The summed E-state index contributed by atoms with van der Waals surface area (Å²) in [5.41, 5.74) is 0.720. The van der Waals surface area contributed by atoms with Crippen molar-refractivity contribution in [2.75, 3.05) is 14.2 Å². The third-order valence-corrected chi connectivity index (χ3v) is 6.02. The van der Waals surface area contributed by atoms with Crippen LogP contribution in [-0.2, 0) is 16.6 Å². The van der Waals surface area contributed by atoms with Gasteiger partial charge in [-0.25, -0.2) is 8.42 Å². The summed E-state index contributed by atoms with van der Waals surface area (Å²) in [7, 11) is -0.618. The van der Waals surface area contributed by atoms with E-state index >= 15 is 0 Å². The lowest BCUT2D eigenvalue weighted by atomic mass is 10.2. The highest BCUT2D eigenvalue weighted by atomic mass is 79.9. The molecule has 0 fully saturated rings. The van der Waals surface area contributed by atoms with Crippen molar-refractivity contribution in [2.45, 2.75) is 11.4 Å². The molecular formula is C17H16BrN3O4S. The van der Waals surface area contributed by atoms with E-state index < -0.39 is 10.0 Å². The first-order chi connectivity index (χ1) is 12.4. The molecule has 0 aliphatic carbocycles. The highest BCUT2D eigenvalue weighted by Crippen LogP contribution is 2.23. The predicted molar refractivity (Wildman–Crippen MR) is 99.1 cm³/mol. The Bertz CT molecular complexity index is 1000. The fraction of sp³-hybridized carbons (Fsp3) is 0.176. The van der Waals surface area contributed by atoms with Crippen molar-refractivity contribution in [1.82, 2.24) is 14.4 Å². The van der Waals surface area contributed by atoms with Crippen LogP contribution in [0.25, 0.3) is 11.4 Å². The number of benzene rings is 2. The number of hydrogen-bond donors (Lipinski definition) is 0. The molecule has 0 unspecified atom stereocenters. The average Bonchev–Trinajstić information content (AvgIpc) is 3.10. The van der Waals surface area contributed by atoms with Crippen molar-refractivity contribution in [3.8, 4) is 17.1 Å². The Balaban J connectivity index is 1.79. The normalized spacial score (nSPS) is 11.7. The van der Waals surface area contributed by atoms with Crippen molar-refractivity contribution in [2.24, 2.45) is 0 Å². The van der Waals surface area contributed by atoms with E-state index in [0.29, 0.717) is 11.6 Å². The predicted octanol–water partition coefficient (Wildman–Crippen LogP) is 3.33. The Hall–Kier alpha value is -2.23. The number of sulfonamides is 1. The van der Waals surface area contributed by atoms with Gasteiger partial charge in [-0.1, -0.05) is 33.2 Å². The summed E-state index contributed by atoms with van der Waals surface area (Å²) in [5.74, 6) is 1.24. The first kappa shape index (κ1) is 18.6. The maximum Gasteiger partial charge on any atom is 0.243 e. The fourth-order valence-corrected chi connectivity index (χ4v) is 3.65. The molecule has 3 rings (SSSR count). The summed E-state index contributed by atoms with van der Waals surface area (Å²) in [5, 5.41) is 3.91. The summed E-state index contributed by atoms with van der Waals surface area (Å²) >= 11 is 3.29. The van der Waals surface area contributed by atoms with E-state index in [-0.39, 0.29) is 17.3 Å². The summed E-state index contributed by atoms with van der Waals surface area (Å²) in [6.07, 6.45) is 0. The largest absolute Gasteiger partial charge is 0.497 e. The highest BCUT2D eigenvalue weighted by molar-refractivity contribution is 9.10. The molecule has 0 N–H and O–H groups in total. The molecule has 3 aromatic rings. The lowest BCUT2D eigenvalue weighted by molar-refractivity contribution is 0.336. The van der Waals surface area contributed by atoms with Crippen LogP contribution in [0, 0.1) is 0 Å².